The number of rotatable bonds is 6. The third-order valence-corrected chi connectivity index (χ3v) is 3.74. The molecule has 3 N–H and O–H groups in total. The molecule has 2 amide bonds. The van der Waals surface area contributed by atoms with E-state index < -0.39 is 0 Å². The van der Waals surface area contributed by atoms with Crippen LogP contribution < -0.4 is 20.7 Å². The van der Waals surface area contributed by atoms with Crippen LogP contribution in [0.15, 0.2) is 54.6 Å². The minimum atomic E-state index is -0.364. The third kappa shape index (κ3) is 6.23. The number of hydrogen-bond donors (Lipinski definition) is 3. The fraction of sp³-hybridized carbons (Fsp3) is 0.150. The average molecular weight is 383 g/mol. The number of carbonyl (C=O) groups is 2. The number of thiocarbonyl (C=S) groups is 1. The number of anilines is 1. The Bertz CT molecular complexity index is 848. The molecule has 0 atom stereocenters. The van der Waals surface area contributed by atoms with E-state index >= 15 is 0 Å². The Labute approximate surface area is 163 Å². The summed E-state index contributed by atoms with van der Waals surface area (Å²) < 4.78 is 5.23. The highest BCUT2D eigenvalue weighted by Gasteiger charge is 2.06. The van der Waals surface area contributed by atoms with Gasteiger partial charge in [-0.1, -0.05) is 18.2 Å². The molecule has 0 fully saturated rings. The zero-order valence-electron chi connectivity index (χ0n) is 15.1. The molecule has 0 bridgehead atoms. The van der Waals surface area contributed by atoms with Gasteiger partial charge in [-0.3, -0.25) is 14.9 Å². The number of benzene rings is 2. The molecule has 2 aromatic rings. The number of methoxy groups -OCH3 is 1. The molecule has 0 aliphatic heterocycles. The van der Waals surface area contributed by atoms with Crippen LogP contribution >= 0.6 is 12.2 Å². The number of carbonyl (C=O) groups excluding carboxylic acids is 2. The van der Waals surface area contributed by atoms with E-state index in [0.29, 0.717) is 23.5 Å². The second-order valence-electron chi connectivity index (χ2n) is 5.46. The number of ether oxygens (including phenoxy) is 1. The Balaban J connectivity index is 1.90. The Morgan fingerprint density at radius 3 is 2.48 bits per heavy atom. The minimum Gasteiger partial charge on any atom is -0.496 e. The third-order valence-electron chi connectivity index (χ3n) is 3.53. The van der Waals surface area contributed by atoms with Crippen LogP contribution in [0.1, 0.15) is 22.8 Å². The molecular formula is C20H21N3O3S. The highest BCUT2D eigenvalue weighted by atomic mass is 32.1. The predicted molar refractivity (Wildman–Crippen MR) is 111 cm³/mol. The van der Waals surface area contributed by atoms with Gasteiger partial charge in [0.25, 0.3) is 5.91 Å². The van der Waals surface area contributed by atoms with Crippen LogP contribution in [0.3, 0.4) is 0 Å². The standard InChI is InChI=1S/C20H21N3O3S/c1-3-21-19(25)15-8-11-16(12-9-15)22-20(27)23-18(24)13-10-14-6-4-5-7-17(14)26-2/h4-13H,3H2,1-2H3,(H,21,25)(H2,22,23,24,27)/b13-10+. The highest BCUT2D eigenvalue weighted by Crippen LogP contribution is 2.18. The summed E-state index contributed by atoms with van der Waals surface area (Å²) in [6, 6.07) is 14.2. The van der Waals surface area contributed by atoms with Gasteiger partial charge in [-0.15, -0.1) is 0 Å². The lowest BCUT2D eigenvalue weighted by Gasteiger charge is -2.09. The number of hydrogen-bond acceptors (Lipinski definition) is 4. The number of nitrogens with one attached hydrogen (secondary N) is 3. The van der Waals surface area contributed by atoms with Crippen molar-refractivity contribution in [3.05, 3.63) is 65.7 Å². The first-order valence-corrected chi connectivity index (χ1v) is 8.75. The lowest BCUT2D eigenvalue weighted by molar-refractivity contribution is -0.115. The average Bonchev–Trinajstić information content (AvgIpc) is 2.67. The second-order valence-corrected chi connectivity index (χ2v) is 5.86. The van der Waals surface area contributed by atoms with Gasteiger partial charge in [0.15, 0.2) is 5.11 Å². The molecule has 7 heteroatoms. The first kappa shape index (κ1) is 20.1. The van der Waals surface area contributed by atoms with Gasteiger partial charge in [0, 0.05) is 29.4 Å². The molecule has 2 rings (SSSR count). The first-order valence-electron chi connectivity index (χ1n) is 8.34. The van der Waals surface area contributed by atoms with Crippen LogP contribution in [0.4, 0.5) is 5.69 Å². The molecule has 0 saturated heterocycles. The van der Waals surface area contributed by atoms with Crippen molar-refractivity contribution in [1.29, 1.82) is 0 Å². The molecule has 140 valence electrons. The molecule has 0 heterocycles. The highest BCUT2D eigenvalue weighted by molar-refractivity contribution is 7.80. The topological polar surface area (TPSA) is 79.5 Å². The molecule has 0 aliphatic rings. The van der Waals surface area contributed by atoms with E-state index in [4.69, 9.17) is 17.0 Å². The van der Waals surface area contributed by atoms with Crippen molar-refractivity contribution in [3.63, 3.8) is 0 Å². The Kier molecular flexibility index (Phi) is 7.51. The maximum absolute atomic E-state index is 12.0. The van der Waals surface area contributed by atoms with Crippen molar-refractivity contribution < 1.29 is 14.3 Å². The summed E-state index contributed by atoms with van der Waals surface area (Å²) in [5.74, 6) is 0.174. The zero-order chi connectivity index (χ0) is 19.6. The van der Waals surface area contributed by atoms with Crippen LogP contribution in [0, 0.1) is 0 Å². The van der Waals surface area contributed by atoms with Crippen molar-refractivity contribution in [2.24, 2.45) is 0 Å². The van der Waals surface area contributed by atoms with Crippen molar-refractivity contribution in [2.75, 3.05) is 19.0 Å². The van der Waals surface area contributed by atoms with Gasteiger partial charge in [0.05, 0.1) is 7.11 Å². The van der Waals surface area contributed by atoms with Gasteiger partial charge in [-0.25, -0.2) is 0 Å². The first-order chi connectivity index (χ1) is 13.0. The molecule has 0 saturated carbocycles. The van der Waals surface area contributed by atoms with E-state index in [9.17, 15) is 9.59 Å². The summed E-state index contributed by atoms with van der Waals surface area (Å²) in [7, 11) is 1.57. The fourth-order valence-electron chi connectivity index (χ4n) is 2.25. The minimum absolute atomic E-state index is 0.138. The lowest BCUT2D eigenvalue weighted by Crippen LogP contribution is -2.32. The maximum Gasteiger partial charge on any atom is 0.251 e. The summed E-state index contributed by atoms with van der Waals surface area (Å²) in [5.41, 5.74) is 2.01. The molecule has 6 nitrogen and oxygen atoms in total. The molecule has 0 radical (unpaired) electrons. The number of para-hydroxylation sites is 1. The summed E-state index contributed by atoms with van der Waals surface area (Å²) in [6.45, 7) is 2.43. The SMILES string of the molecule is CCNC(=O)c1ccc(NC(=S)NC(=O)/C=C/c2ccccc2OC)cc1. The fourth-order valence-corrected chi connectivity index (χ4v) is 2.47. The second kappa shape index (κ2) is 10.1. The molecule has 0 aromatic heterocycles. The normalized spacial score (nSPS) is 10.3. The molecule has 27 heavy (non-hydrogen) atoms. The van der Waals surface area contributed by atoms with Gasteiger partial charge in [0.2, 0.25) is 5.91 Å². The van der Waals surface area contributed by atoms with Gasteiger partial charge < -0.3 is 15.4 Å². The van der Waals surface area contributed by atoms with Crippen LogP contribution in [-0.4, -0.2) is 30.6 Å². The Hall–Kier alpha value is -3.19. The number of amides is 2. The van der Waals surface area contributed by atoms with Gasteiger partial charge in [-0.2, -0.15) is 0 Å². The van der Waals surface area contributed by atoms with Gasteiger partial charge in [-0.05, 0) is 55.5 Å². The molecule has 0 aliphatic carbocycles. The Morgan fingerprint density at radius 1 is 1.11 bits per heavy atom. The van der Waals surface area contributed by atoms with Crippen molar-refractivity contribution >= 4 is 40.9 Å². The lowest BCUT2D eigenvalue weighted by atomic mass is 10.2. The summed E-state index contributed by atoms with van der Waals surface area (Å²) >= 11 is 5.14. The summed E-state index contributed by atoms with van der Waals surface area (Å²) in [6.07, 6.45) is 3.03. The van der Waals surface area contributed by atoms with E-state index in [1.165, 1.54) is 6.08 Å². The molecule has 2 aromatic carbocycles. The van der Waals surface area contributed by atoms with Crippen molar-refractivity contribution in [1.82, 2.24) is 10.6 Å². The molecule has 0 unspecified atom stereocenters. The van der Waals surface area contributed by atoms with E-state index in [-0.39, 0.29) is 16.9 Å². The predicted octanol–water partition coefficient (Wildman–Crippen LogP) is 2.97. The van der Waals surface area contributed by atoms with E-state index in [2.05, 4.69) is 16.0 Å². The zero-order valence-corrected chi connectivity index (χ0v) is 15.9. The smallest absolute Gasteiger partial charge is 0.251 e. The molecular weight excluding hydrogens is 362 g/mol. The Morgan fingerprint density at radius 2 is 1.81 bits per heavy atom. The van der Waals surface area contributed by atoms with Crippen LogP contribution in [0.2, 0.25) is 0 Å². The van der Waals surface area contributed by atoms with Gasteiger partial charge in [0.1, 0.15) is 5.75 Å². The van der Waals surface area contributed by atoms with Crippen LogP contribution in [0.5, 0.6) is 5.75 Å². The van der Waals surface area contributed by atoms with Crippen LogP contribution in [0.25, 0.3) is 6.08 Å². The summed E-state index contributed by atoms with van der Waals surface area (Å²) in [5, 5.41) is 8.36. The van der Waals surface area contributed by atoms with E-state index in [1.807, 2.05) is 31.2 Å². The van der Waals surface area contributed by atoms with E-state index in [1.54, 1.807) is 37.5 Å². The summed E-state index contributed by atoms with van der Waals surface area (Å²) in [4.78, 5) is 23.7. The van der Waals surface area contributed by atoms with Crippen molar-refractivity contribution in [2.45, 2.75) is 6.92 Å². The van der Waals surface area contributed by atoms with Gasteiger partial charge >= 0.3 is 0 Å². The van der Waals surface area contributed by atoms with E-state index in [0.717, 1.165) is 5.56 Å². The van der Waals surface area contributed by atoms with Crippen LogP contribution in [-0.2, 0) is 4.79 Å². The largest absolute Gasteiger partial charge is 0.496 e. The molecule has 0 spiro atoms. The van der Waals surface area contributed by atoms with Crippen molar-refractivity contribution in [3.8, 4) is 5.75 Å². The quantitative estimate of drug-likeness (QED) is 0.528. The maximum atomic E-state index is 12.0. The monoisotopic (exact) mass is 383 g/mol.